The van der Waals surface area contributed by atoms with Crippen LogP contribution in [0.4, 0.5) is 13.2 Å². The molecule has 0 saturated carbocycles. The Balaban J connectivity index is 0.00000193. The molecule has 0 aliphatic carbocycles. The van der Waals surface area contributed by atoms with Crippen molar-refractivity contribution in [3.05, 3.63) is 65.5 Å². The van der Waals surface area contributed by atoms with Gasteiger partial charge in [0.15, 0.2) is 0 Å². The summed E-state index contributed by atoms with van der Waals surface area (Å²) < 4.78 is 46.0. The van der Waals surface area contributed by atoms with E-state index < -0.39 is 12.0 Å². The van der Waals surface area contributed by atoms with Crippen LogP contribution in [0.25, 0.3) is 5.69 Å². The Morgan fingerprint density at radius 1 is 1.15 bits per heavy atom. The number of aromatic nitrogens is 4. The predicted octanol–water partition coefficient (Wildman–Crippen LogP) is 4.41. The van der Waals surface area contributed by atoms with E-state index in [9.17, 15) is 13.2 Å². The van der Waals surface area contributed by atoms with Gasteiger partial charge in [0.05, 0.1) is 18.8 Å². The summed E-state index contributed by atoms with van der Waals surface area (Å²) in [6, 6.07) is 14.7. The monoisotopic (exact) mass is 484 g/mol. The normalized spacial score (nSPS) is 18.8. The third-order valence-corrected chi connectivity index (χ3v) is 5.53. The zero-order chi connectivity index (χ0) is 22.0. The summed E-state index contributed by atoms with van der Waals surface area (Å²) in [5, 5.41) is 9.86. The topological polar surface area (TPSA) is 82.1 Å². The molecule has 2 N–H and O–H groups in total. The molecular weight excluding hydrogens is 457 g/mol. The fraction of sp³-hybridized carbons (Fsp3) is 0.409. The number of nitrogens with zero attached hydrogens (tertiary/aromatic N) is 5. The molecule has 1 saturated heterocycles. The molecule has 1 aliphatic heterocycles. The third kappa shape index (κ3) is 5.63. The summed E-state index contributed by atoms with van der Waals surface area (Å²) in [6.07, 6.45) is -2.81. The van der Waals surface area contributed by atoms with Gasteiger partial charge in [-0.2, -0.15) is 17.9 Å². The Kier molecular flexibility index (Phi) is 8.82. The summed E-state index contributed by atoms with van der Waals surface area (Å²) in [5.74, 6) is -0.595. The molecule has 2 atom stereocenters. The molecule has 33 heavy (non-hydrogen) atoms. The summed E-state index contributed by atoms with van der Waals surface area (Å²) >= 11 is 0. The Morgan fingerprint density at radius 2 is 1.88 bits per heavy atom. The highest BCUT2D eigenvalue weighted by atomic mass is 35.5. The van der Waals surface area contributed by atoms with Gasteiger partial charge < -0.3 is 10.5 Å². The van der Waals surface area contributed by atoms with Gasteiger partial charge in [0, 0.05) is 18.2 Å². The summed E-state index contributed by atoms with van der Waals surface area (Å²) in [5.41, 5.74) is 8.54. The molecule has 7 nitrogen and oxygen atoms in total. The Bertz CT molecular complexity index is 1030. The number of hydrogen-bond donors (Lipinski definition) is 1. The van der Waals surface area contributed by atoms with Crippen molar-refractivity contribution in [3.63, 3.8) is 0 Å². The minimum Gasteiger partial charge on any atom is -0.496 e. The molecule has 1 fully saturated rings. The van der Waals surface area contributed by atoms with E-state index in [2.05, 4.69) is 20.4 Å². The number of halogens is 4. The molecule has 1 aliphatic rings. The first-order valence-electron chi connectivity index (χ1n) is 9.96. The standard InChI is InChI=1S/C21H23F3N6O.CH4.ClH/c1-31-18-10-9-16(30-20(21(22,23)24)26-27-28-30)12-15(18)13-29-11-5-8-17(25)19(29)14-6-3-2-4-7-14;;/h2-4,6-7,9-10,12,17,19H,5,8,11,13,25H2,1H3;1H4;1H/t17-,19-;;/m0../s1. The van der Waals surface area contributed by atoms with Crippen LogP contribution in [0.15, 0.2) is 48.5 Å². The molecule has 2 aromatic carbocycles. The number of rotatable bonds is 5. The molecule has 180 valence electrons. The van der Waals surface area contributed by atoms with Gasteiger partial charge in [0.25, 0.3) is 5.82 Å². The van der Waals surface area contributed by atoms with Crippen LogP contribution in [0, 0.1) is 0 Å². The van der Waals surface area contributed by atoms with Gasteiger partial charge in [-0.25, -0.2) is 0 Å². The van der Waals surface area contributed by atoms with Gasteiger partial charge in [-0.3, -0.25) is 4.90 Å². The van der Waals surface area contributed by atoms with Crippen LogP contribution in [0.3, 0.4) is 0 Å². The van der Waals surface area contributed by atoms with Gasteiger partial charge in [-0.05, 0) is 53.6 Å². The molecular formula is C22H28ClF3N6O. The molecule has 0 bridgehead atoms. The van der Waals surface area contributed by atoms with Crippen molar-refractivity contribution in [2.75, 3.05) is 13.7 Å². The van der Waals surface area contributed by atoms with E-state index in [0.717, 1.165) is 30.5 Å². The Morgan fingerprint density at radius 3 is 2.55 bits per heavy atom. The Labute approximate surface area is 197 Å². The lowest BCUT2D eigenvalue weighted by Gasteiger charge is -2.40. The average Bonchev–Trinajstić information content (AvgIpc) is 3.25. The van der Waals surface area contributed by atoms with Gasteiger partial charge >= 0.3 is 6.18 Å². The van der Waals surface area contributed by atoms with Crippen molar-refractivity contribution in [1.29, 1.82) is 0 Å². The van der Waals surface area contributed by atoms with Crippen LogP contribution in [-0.4, -0.2) is 44.8 Å². The zero-order valence-corrected chi connectivity index (χ0v) is 18.2. The minimum absolute atomic E-state index is 0. The molecule has 0 radical (unpaired) electrons. The fourth-order valence-electron chi connectivity index (χ4n) is 4.16. The maximum atomic E-state index is 13.3. The molecule has 11 heteroatoms. The van der Waals surface area contributed by atoms with Crippen molar-refractivity contribution in [2.45, 2.75) is 45.1 Å². The quantitative estimate of drug-likeness (QED) is 0.577. The second-order valence-electron chi connectivity index (χ2n) is 7.54. The highest BCUT2D eigenvalue weighted by Crippen LogP contribution is 2.34. The van der Waals surface area contributed by atoms with Gasteiger partial charge in [-0.1, -0.05) is 37.8 Å². The summed E-state index contributed by atoms with van der Waals surface area (Å²) in [7, 11) is 1.54. The predicted molar refractivity (Wildman–Crippen MR) is 121 cm³/mol. The number of tetrazole rings is 1. The van der Waals surface area contributed by atoms with Gasteiger partial charge in [0.2, 0.25) is 0 Å². The molecule has 3 aromatic rings. The van der Waals surface area contributed by atoms with E-state index in [1.807, 2.05) is 30.3 Å². The van der Waals surface area contributed by atoms with E-state index in [4.69, 9.17) is 10.5 Å². The second kappa shape index (κ2) is 11.0. The largest absolute Gasteiger partial charge is 0.496 e. The maximum Gasteiger partial charge on any atom is 0.453 e. The first kappa shape index (κ1) is 26.6. The lowest BCUT2D eigenvalue weighted by Crippen LogP contribution is -2.45. The van der Waals surface area contributed by atoms with Crippen LogP contribution in [0.5, 0.6) is 5.75 Å². The van der Waals surface area contributed by atoms with Gasteiger partial charge in [-0.15, -0.1) is 17.5 Å². The lowest BCUT2D eigenvalue weighted by atomic mass is 9.90. The molecule has 0 amide bonds. The number of ether oxygens (including phenoxy) is 1. The number of likely N-dealkylation sites (tertiary alicyclic amines) is 1. The van der Waals surface area contributed by atoms with Crippen molar-refractivity contribution in [1.82, 2.24) is 25.1 Å². The van der Waals surface area contributed by atoms with Crippen LogP contribution < -0.4 is 10.5 Å². The first-order chi connectivity index (χ1) is 14.9. The van der Waals surface area contributed by atoms with Crippen molar-refractivity contribution in [2.24, 2.45) is 5.73 Å². The number of hydrogen-bond acceptors (Lipinski definition) is 6. The minimum atomic E-state index is -4.67. The maximum absolute atomic E-state index is 13.3. The van der Waals surface area contributed by atoms with Gasteiger partial charge in [0.1, 0.15) is 5.75 Å². The smallest absolute Gasteiger partial charge is 0.453 e. The van der Waals surface area contributed by atoms with E-state index >= 15 is 0 Å². The number of methoxy groups -OCH3 is 1. The molecule has 1 aromatic heterocycles. The van der Waals surface area contributed by atoms with Crippen LogP contribution >= 0.6 is 12.4 Å². The molecule has 2 heterocycles. The zero-order valence-electron chi connectivity index (χ0n) is 17.4. The van der Waals surface area contributed by atoms with E-state index in [1.54, 1.807) is 12.1 Å². The number of alkyl halides is 3. The summed E-state index contributed by atoms with van der Waals surface area (Å²) in [4.78, 5) is 2.25. The van der Waals surface area contributed by atoms with Crippen LogP contribution in [-0.2, 0) is 12.7 Å². The first-order valence-corrected chi connectivity index (χ1v) is 9.96. The lowest BCUT2D eigenvalue weighted by molar-refractivity contribution is -0.146. The number of piperidine rings is 1. The SMILES string of the molecule is C.COc1ccc(-n2nnnc2C(F)(F)F)cc1CN1CCC[C@H](N)[C@@H]1c1ccccc1.Cl. The number of nitrogens with two attached hydrogens (primary N) is 1. The van der Waals surface area contributed by atoms with Crippen LogP contribution in [0.2, 0.25) is 0 Å². The third-order valence-electron chi connectivity index (χ3n) is 5.53. The highest BCUT2D eigenvalue weighted by Gasteiger charge is 2.38. The van der Waals surface area contributed by atoms with E-state index in [0.29, 0.717) is 17.0 Å². The fourth-order valence-corrected chi connectivity index (χ4v) is 4.16. The number of benzene rings is 2. The van der Waals surface area contributed by atoms with E-state index in [-0.39, 0.29) is 37.6 Å². The Hall–Kier alpha value is -2.69. The molecule has 0 spiro atoms. The molecule has 4 rings (SSSR count). The van der Waals surface area contributed by atoms with Crippen molar-refractivity contribution in [3.8, 4) is 11.4 Å². The summed E-state index contributed by atoms with van der Waals surface area (Å²) in [6.45, 7) is 1.28. The van der Waals surface area contributed by atoms with E-state index in [1.165, 1.54) is 13.2 Å². The molecule has 0 unspecified atom stereocenters. The van der Waals surface area contributed by atoms with Crippen molar-refractivity contribution < 1.29 is 17.9 Å². The average molecular weight is 485 g/mol. The second-order valence-corrected chi connectivity index (χ2v) is 7.54. The highest BCUT2D eigenvalue weighted by molar-refractivity contribution is 5.85. The van der Waals surface area contributed by atoms with Crippen LogP contribution in [0.1, 0.15) is 43.3 Å². The van der Waals surface area contributed by atoms with Crippen molar-refractivity contribution >= 4 is 12.4 Å².